The van der Waals surface area contributed by atoms with Crippen molar-refractivity contribution in [2.24, 2.45) is 0 Å². The van der Waals surface area contributed by atoms with Gasteiger partial charge in [0.2, 0.25) is 0 Å². The van der Waals surface area contributed by atoms with Crippen molar-refractivity contribution >= 4 is 5.69 Å². The summed E-state index contributed by atoms with van der Waals surface area (Å²) in [6.07, 6.45) is 3.41. The number of benzene rings is 2. The van der Waals surface area contributed by atoms with Gasteiger partial charge in [0.15, 0.2) is 12.0 Å². The number of hydrogen-bond donors (Lipinski definition) is 0. The average molecular weight is 395 g/mol. The summed E-state index contributed by atoms with van der Waals surface area (Å²) >= 11 is 0. The number of aryl methyl sites for hydroxylation is 1. The van der Waals surface area contributed by atoms with Crippen molar-refractivity contribution in [2.75, 3.05) is 46.4 Å². The van der Waals surface area contributed by atoms with Crippen LogP contribution in [0.5, 0.6) is 0 Å². The zero-order valence-electron chi connectivity index (χ0n) is 17.8. The highest BCUT2D eigenvalue weighted by molar-refractivity contribution is 5.41. The molecule has 4 heteroatoms. The third-order valence-corrected chi connectivity index (χ3v) is 6.20. The molecule has 0 aliphatic carbocycles. The lowest BCUT2D eigenvalue weighted by molar-refractivity contribution is -0.191. The normalized spacial score (nSPS) is 23.9. The van der Waals surface area contributed by atoms with Gasteiger partial charge in [-0.2, -0.15) is 0 Å². The van der Waals surface area contributed by atoms with Gasteiger partial charge in [-0.3, -0.25) is 4.90 Å². The van der Waals surface area contributed by atoms with Gasteiger partial charge in [0, 0.05) is 23.6 Å². The maximum atomic E-state index is 6.08. The molecular formula is C25H34N2O2+. The highest BCUT2D eigenvalue weighted by Gasteiger charge is 2.27. The Bertz CT molecular complexity index is 743. The molecule has 4 rings (SSSR count). The van der Waals surface area contributed by atoms with Gasteiger partial charge in [-0.05, 0) is 43.1 Å². The summed E-state index contributed by atoms with van der Waals surface area (Å²) in [6.45, 7) is 8.07. The molecule has 2 heterocycles. The molecule has 0 aromatic heterocycles. The molecule has 0 amide bonds. The van der Waals surface area contributed by atoms with Crippen LogP contribution < -0.4 is 4.90 Å². The first-order valence-corrected chi connectivity index (χ1v) is 11.1. The molecule has 155 valence electrons. The van der Waals surface area contributed by atoms with Crippen LogP contribution in [0.1, 0.15) is 48.7 Å². The molecule has 4 nitrogen and oxygen atoms in total. The van der Waals surface area contributed by atoms with Crippen LogP contribution in [-0.4, -0.2) is 51.3 Å². The van der Waals surface area contributed by atoms with Crippen molar-refractivity contribution in [1.82, 2.24) is 9.80 Å². The van der Waals surface area contributed by atoms with E-state index in [1.165, 1.54) is 36.1 Å². The first-order chi connectivity index (χ1) is 14.2. The van der Waals surface area contributed by atoms with Gasteiger partial charge < -0.3 is 9.47 Å². The fourth-order valence-corrected chi connectivity index (χ4v) is 4.13. The molecule has 0 N–H and O–H groups in total. The topological polar surface area (TPSA) is 27.6 Å². The molecule has 0 atom stereocenters. The lowest BCUT2D eigenvalue weighted by Gasteiger charge is -2.30. The predicted molar refractivity (Wildman–Crippen MR) is 118 cm³/mol. The summed E-state index contributed by atoms with van der Waals surface area (Å²) in [7, 11) is 2.19. The maximum Gasteiger partial charge on any atom is 0.183 e. The van der Waals surface area contributed by atoms with Gasteiger partial charge in [0.05, 0.1) is 26.3 Å². The van der Waals surface area contributed by atoms with Gasteiger partial charge in [-0.15, -0.1) is 4.90 Å². The Kier molecular flexibility index (Phi) is 6.98. The van der Waals surface area contributed by atoms with E-state index in [0.29, 0.717) is 19.1 Å². The number of rotatable bonds is 6. The molecule has 0 saturated carbocycles. The minimum atomic E-state index is -0.253. The first-order valence-electron chi connectivity index (χ1n) is 11.1. The van der Waals surface area contributed by atoms with Crippen molar-refractivity contribution in [3.8, 4) is 0 Å². The number of hydrogen-bond acceptors (Lipinski definition) is 4. The van der Waals surface area contributed by atoms with Crippen molar-refractivity contribution in [2.45, 2.75) is 38.4 Å². The van der Waals surface area contributed by atoms with Crippen molar-refractivity contribution in [1.29, 1.82) is 0 Å². The molecule has 0 unspecified atom stereocenters. The summed E-state index contributed by atoms with van der Waals surface area (Å²) in [6, 6.07) is 17.7. The van der Waals surface area contributed by atoms with E-state index >= 15 is 0 Å². The lowest BCUT2D eigenvalue weighted by atomic mass is 9.97. The molecule has 1 radical (unpaired) electrons. The SMILES string of the molecule is CCCCc1ccc(C2COC(c3ccc([N+]4CCN(C)CC4)cc3)OC2)cc1. The Morgan fingerprint density at radius 3 is 2.14 bits per heavy atom. The number of likely N-dealkylation sites (N-methyl/N-ethyl adjacent to an activating group) is 1. The predicted octanol–water partition coefficient (Wildman–Crippen LogP) is 4.58. The Hall–Kier alpha value is -1.72. The molecule has 2 fully saturated rings. The Balaban J connectivity index is 1.30. The van der Waals surface area contributed by atoms with Gasteiger partial charge in [-0.25, -0.2) is 0 Å². The van der Waals surface area contributed by atoms with Crippen LogP contribution in [-0.2, 0) is 15.9 Å². The van der Waals surface area contributed by atoms with Crippen LogP contribution in [0.4, 0.5) is 5.69 Å². The molecule has 2 aromatic rings. The van der Waals surface area contributed by atoms with Crippen LogP contribution in [0.3, 0.4) is 0 Å². The molecular weight excluding hydrogens is 360 g/mol. The van der Waals surface area contributed by atoms with E-state index in [1.54, 1.807) is 0 Å². The lowest BCUT2D eigenvalue weighted by Crippen LogP contribution is -2.45. The monoisotopic (exact) mass is 394 g/mol. The third-order valence-electron chi connectivity index (χ3n) is 6.20. The quantitative estimate of drug-likeness (QED) is 0.672. The summed E-state index contributed by atoms with van der Waals surface area (Å²) in [5.74, 6) is 0.316. The standard InChI is InChI=1S/C25H34N2O2/c1-3-4-5-20-6-8-21(9-7-20)23-18-28-25(29-19-23)22-10-12-24(13-11-22)27-16-14-26(2)15-17-27/h6-13,23,25H,3-5,14-19H2,1-2H3/q+1. The minimum absolute atomic E-state index is 0.253. The zero-order chi connectivity index (χ0) is 20.1. The van der Waals surface area contributed by atoms with Crippen molar-refractivity contribution in [3.05, 3.63) is 65.2 Å². The molecule has 2 aromatic carbocycles. The third kappa shape index (κ3) is 5.26. The van der Waals surface area contributed by atoms with Crippen LogP contribution in [0, 0.1) is 0 Å². The Morgan fingerprint density at radius 1 is 0.897 bits per heavy atom. The number of nitrogens with zero attached hydrogens (tertiary/aromatic N) is 2. The zero-order valence-corrected chi connectivity index (χ0v) is 17.8. The molecule has 2 saturated heterocycles. The highest BCUT2D eigenvalue weighted by Crippen LogP contribution is 2.31. The van der Waals surface area contributed by atoms with E-state index in [0.717, 1.165) is 31.7 Å². The van der Waals surface area contributed by atoms with Crippen molar-refractivity contribution < 1.29 is 9.47 Å². The van der Waals surface area contributed by atoms with Crippen LogP contribution in [0.25, 0.3) is 0 Å². The molecule has 2 aliphatic rings. The second kappa shape index (κ2) is 9.86. The number of unbranched alkanes of at least 4 members (excludes halogenated alkanes) is 1. The number of ether oxygens (including phenoxy) is 2. The molecule has 0 spiro atoms. The molecule has 0 bridgehead atoms. The van der Waals surface area contributed by atoms with Gasteiger partial charge >= 0.3 is 0 Å². The van der Waals surface area contributed by atoms with Crippen LogP contribution >= 0.6 is 0 Å². The first kappa shape index (κ1) is 20.5. The second-order valence-electron chi connectivity index (χ2n) is 8.42. The second-order valence-corrected chi connectivity index (χ2v) is 8.42. The minimum Gasteiger partial charge on any atom is -0.348 e. The Labute approximate surface area is 175 Å². The Morgan fingerprint density at radius 2 is 1.52 bits per heavy atom. The van der Waals surface area contributed by atoms with Crippen LogP contribution in [0.2, 0.25) is 0 Å². The largest absolute Gasteiger partial charge is 0.348 e. The molecule has 29 heavy (non-hydrogen) atoms. The summed E-state index contributed by atoms with van der Waals surface area (Å²) in [4.78, 5) is 4.83. The molecule has 2 aliphatic heterocycles. The van der Waals surface area contributed by atoms with E-state index in [-0.39, 0.29) is 6.29 Å². The van der Waals surface area contributed by atoms with Crippen molar-refractivity contribution in [3.63, 3.8) is 0 Å². The summed E-state index contributed by atoms with van der Waals surface area (Å²) < 4.78 is 12.2. The average Bonchev–Trinajstić information content (AvgIpc) is 2.79. The van der Waals surface area contributed by atoms with E-state index in [4.69, 9.17) is 9.47 Å². The van der Waals surface area contributed by atoms with Crippen LogP contribution in [0.15, 0.2) is 48.5 Å². The summed E-state index contributed by atoms with van der Waals surface area (Å²) in [5, 5.41) is 0. The van der Waals surface area contributed by atoms with Gasteiger partial charge in [0.25, 0.3) is 0 Å². The highest BCUT2D eigenvalue weighted by atomic mass is 16.7. The van der Waals surface area contributed by atoms with Gasteiger partial charge in [-0.1, -0.05) is 37.6 Å². The number of piperazine rings is 1. The number of anilines is 1. The van der Waals surface area contributed by atoms with Gasteiger partial charge in [0.1, 0.15) is 13.1 Å². The summed E-state index contributed by atoms with van der Waals surface area (Å²) in [5.41, 5.74) is 5.13. The fourth-order valence-electron chi connectivity index (χ4n) is 4.13. The van der Waals surface area contributed by atoms with E-state index in [9.17, 15) is 0 Å². The fraction of sp³-hybridized carbons (Fsp3) is 0.520. The van der Waals surface area contributed by atoms with E-state index < -0.39 is 0 Å². The van der Waals surface area contributed by atoms with E-state index in [2.05, 4.69) is 72.3 Å². The maximum absolute atomic E-state index is 6.08. The van der Waals surface area contributed by atoms with E-state index in [1.807, 2.05) is 0 Å². The smallest absolute Gasteiger partial charge is 0.183 e.